The summed E-state index contributed by atoms with van der Waals surface area (Å²) in [5.74, 6) is -0.444. The lowest BCUT2D eigenvalue weighted by Crippen LogP contribution is -2.24. The Morgan fingerprint density at radius 2 is 1.81 bits per heavy atom. The van der Waals surface area contributed by atoms with Gasteiger partial charge in [0, 0.05) is 18.3 Å². The number of alkyl halides is 3. The molecule has 0 saturated heterocycles. The molecule has 0 unspecified atom stereocenters. The molecule has 0 aliphatic carbocycles. The Morgan fingerprint density at radius 1 is 1.11 bits per heavy atom. The zero-order valence-corrected chi connectivity index (χ0v) is 14.8. The summed E-state index contributed by atoms with van der Waals surface area (Å²) in [7, 11) is 0. The van der Waals surface area contributed by atoms with Gasteiger partial charge in [-0.2, -0.15) is 18.3 Å². The van der Waals surface area contributed by atoms with Crippen LogP contribution in [-0.2, 0) is 19.3 Å². The predicted molar refractivity (Wildman–Crippen MR) is 95.4 cm³/mol. The molecule has 2 aromatic carbocycles. The van der Waals surface area contributed by atoms with Gasteiger partial charge in [0.15, 0.2) is 0 Å². The van der Waals surface area contributed by atoms with Crippen LogP contribution in [0.4, 0.5) is 13.2 Å². The lowest BCUT2D eigenvalue weighted by molar-refractivity contribution is -0.138. The normalized spacial score (nSPS) is 11.4. The number of carbonyl (C=O) groups is 1. The largest absolute Gasteiger partial charge is 0.416 e. The molecule has 3 rings (SSSR count). The second kappa shape index (κ2) is 7.84. The van der Waals surface area contributed by atoms with E-state index in [1.165, 1.54) is 24.4 Å². The molecule has 0 bridgehead atoms. The van der Waals surface area contributed by atoms with E-state index in [1.807, 2.05) is 0 Å². The van der Waals surface area contributed by atoms with Gasteiger partial charge < -0.3 is 5.32 Å². The Balaban J connectivity index is 1.63. The number of rotatable bonds is 5. The van der Waals surface area contributed by atoms with Gasteiger partial charge in [0.2, 0.25) is 0 Å². The Kier molecular flexibility index (Phi) is 5.51. The molecule has 1 N–H and O–H groups in total. The van der Waals surface area contributed by atoms with Crippen molar-refractivity contribution in [2.45, 2.75) is 19.3 Å². The number of amides is 1. The van der Waals surface area contributed by atoms with Crippen LogP contribution >= 0.6 is 11.6 Å². The van der Waals surface area contributed by atoms with Crippen LogP contribution in [0.2, 0.25) is 5.02 Å². The first-order valence-corrected chi connectivity index (χ1v) is 8.41. The standard InChI is InChI=1S/C19H15ClF3N3O/c20-16-10-25-26(12-16)11-13-5-7-14(8-6-13)18(27)24-9-15-3-1-2-4-17(15)19(21,22)23/h1-8,10,12H,9,11H2,(H,24,27). The molecule has 0 radical (unpaired) electrons. The highest BCUT2D eigenvalue weighted by atomic mass is 35.5. The average molecular weight is 394 g/mol. The van der Waals surface area contributed by atoms with Gasteiger partial charge in [-0.3, -0.25) is 9.48 Å². The third kappa shape index (κ3) is 4.89. The number of carbonyl (C=O) groups excluding carboxylic acids is 1. The van der Waals surface area contributed by atoms with Gasteiger partial charge >= 0.3 is 6.18 Å². The molecule has 8 heteroatoms. The highest BCUT2D eigenvalue weighted by molar-refractivity contribution is 6.30. The van der Waals surface area contributed by atoms with Crippen molar-refractivity contribution in [1.29, 1.82) is 0 Å². The molecule has 4 nitrogen and oxygen atoms in total. The third-order valence-corrected chi connectivity index (χ3v) is 4.12. The van der Waals surface area contributed by atoms with Gasteiger partial charge in [-0.1, -0.05) is 41.9 Å². The maximum Gasteiger partial charge on any atom is 0.416 e. The van der Waals surface area contributed by atoms with Crippen molar-refractivity contribution in [3.8, 4) is 0 Å². The predicted octanol–water partition coefficient (Wildman–Crippen LogP) is 4.53. The van der Waals surface area contributed by atoms with E-state index >= 15 is 0 Å². The molecular formula is C19H15ClF3N3O. The summed E-state index contributed by atoms with van der Waals surface area (Å²) in [6, 6.07) is 11.9. The van der Waals surface area contributed by atoms with Crippen LogP contribution in [0.25, 0.3) is 0 Å². The Labute approximate surface area is 158 Å². The van der Waals surface area contributed by atoms with Gasteiger partial charge in [0.05, 0.1) is 23.3 Å². The fraction of sp³-hybridized carbons (Fsp3) is 0.158. The first-order valence-electron chi connectivity index (χ1n) is 8.03. The van der Waals surface area contributed by atoms with Crippen LogP contribution in [0.1, 0.15) is 27.0 Å². The number of hydrogen-bond donors (Lipinski definition) is 1. The van der Waals surface area contributed by atoms with E-state index < -0.39 is 17.6 Å². The summed E-state index contributed by atoms with van der Waals surface area (Å²) in [5.41, 5.74) is 0.541. The minimum absolute atomic E-state index is 0.0190. The lowest BCUT2D eigenvalue weighted by atomic mass is 10.1. The van der Waals surface area contributed by atoms with Crippen molar-refractivity contribution in [3.05, 3.63) is 88.2 Å². The smallest absolute Gasteiger partial charge is 0.348 e. The Hall–Kier alpha value is -2.80. The molecular weight excluding hydrogens is 379 g/mol. The second-order valence-corrected chi connectivity index (χ2v) is 6.33. The fourth-order valence-electron chi connectivity index (χ4n) is 2.60. The van der Waals surface area contributed by atoms with Gasteiger partial charge in [0.1, 0.15) is 0 Å². The maximum absolute atomic E-state index is 13.0. The summed E-state index contributed by atoms with van der Waals surface area (Å²) in [4.78, 5) is 12.2. The zero-order valence-electron chi connectivity index (χ0n) is 14.0. The molecule has 0 fully saturated rings. The van der Waals surface area contributed by atoms with Crippen molar-refractivity contribution in [1.82, 2.24) is 15.1 Å². The average Bonchev–Trinajstić information content (AvgIpc) is 3.04. The van der Waals surface area contributed by atoms with Gasteiger partial charge in [-0.05, 0) is 29.3 Å². The molecule has 1 aromatic heterocycles. The number of nitrogens with zero attached hydrogens (tertiary/aromatic N) is 2. The summed E-state index contributed by atoms with van der Waals surface area (Å²) >= 11 is 5.81. The quantitative estimate of drug-likeness (QED) is 0.692. The van der Waals surface area contributed by atoms with E-state index in [-0.39, 0.29) is 12.1 Å². The van der Waals surface area contributed by atoms with Crippen molar-refractivity contribution in [2.24, 2.45) is 0 Å². The molecule has 0 aliphatic heterocycles. The van der Waals surface area contributed by atoms with E-state index in [9.17, 15) is 18.0 Å². The maximum atomic E-state index is 13.0. The van der Waals surface area contributed by atoms with Crippen LogP contribution in [0.3, 0.4) is 0 Å². The number of halogens is 4. The van der Waals surface area contributed by atoms with Crippen LogP contribution in [0, 0.1) is 0 Å². The van der Waals surface area contributed by atoms with Crippen molar-refractivity contribution < 1.29 is 18.0 Å². The monoisotopic (exact) mass is 393 g/mol. The summed E-state index contributed by atoms with van der Waals surface area (Å²) in [6.07, 6.45) is -1.25. The SMILES string of the molecule is O=C(NCc1ccccc1C(F)(F)F)c1ccc(Cn2cc(Cl)cn2)cc1. The Bertz CT molecular complexity index is 936. The van der Waals surface area contributed by atoms with Crippen molar-refractivity contribution in [3.63, 3.8) is 0 Å². The molecule has 1 heterocycles. The van der Waals surface area contributed by atoms with Crippen LogP contribution in [0.5, 0.6) is 0 Å². The first kappa shape index (κ1) is 19.0. The van der Waals surface area contributed by atoms with E-state index in [1.54, 1.807) is 35.1 Å². The van der Waals surface area contributed by atoms with E-state index in [4.69, 9.17) is 11.6 Å². The van der Waals surface area contributed by atoms with Crippen LogP contribution < -0.4 is 5.32 Å². The van der Waals surface area contributed by atoms with E-state index in [0.717, 1.165) is 11.6 Å². The fourth-order valence-corrected chi connectivity index (χ4v) is 2.76. The molecule has 0 atom stereocenters. The zero-order chi connectivity index (χ0) is 19.4. The van der Waals surface area contributed by atoms with Crippen molar-refractivity contribution >= 4 is 17.5 Å². The Morgan fingerprint density at radius 3 is 2.44 bits per heavy atom. The number of aromatic nitrogens is 2. The molecule has 1 amide bonds. The lowest BCUT2D eigenvalue weighted by Gasteiger charge is -2.13. The molecule has 3 aromatic rings. The summed E-state index contributed by atoms with van der Waals surface area (Å²) in [6.45, 7) is 0.287. The highest BCUT2D eigenvalue weighted by Crippen LogP contribution is 2.31. The van der Waals surface area contributed by atoms with Crippen LogP contribution in [-0.4, -0.2) is 15.7 Å². The van der Waals surface area contributed by atoms with Crippen LogP contribution in [0.15, 0.2) is 60.9 Å². The van der Waals surface area contributed by atoms with Gasteiger partial charge in [0.25, 0.3) is 5.91 Å². The van der Waals surface area contributed by atoms with Gasteiger partial charge in [-0.25, -0.2) is 0 Å². The van der Waals surface area contributed by atoms with E-state index in [0.29, 0.717) is 17.1 Å². The minimum Gasteiger partial charge on any atom is -0.348 e. The van der Waals surface area contributed by atoms with E-state index in [2.05, 4.69) is 10.4 Å². The molecule has 0 spiro atoms. The summed E-state index contributed by atoms with van der Waals surface area (Å²) in [5, 5.41) is 7.13. The number of benzene rings is 2. The summed E-state index contributed by atoms with van der Waals surface area (Å²) < 4.78 is 40.6. The molecule has 27 heavy (non-hydrogen) atoms. The minimum atomic E-state index is -4.46. The highest BCUT2D eigenvalue weighted by Gasteiger charge is 2.32. The number of hydrogen-bond acceptors (Lipinski definition) is 2. The molecule has 140 valence electrons. The third-order valence-electron chi connectivity index (χ3n) is 3.92. The van der Waals surface area contributed by atoms with Crippen molar-refractivity contribution in [2.75, 3.05) is 0 Å². The number of nitrogens with one attached hydrogen (secondary N) is 1. The molecule has 0 saturated carbocycles. The topological polar surface area (TPSA) is 46.9 Å². The second-order valence-electron chi connectivity index (χ2n) is 5.89. The first-order chi connectivity index (χ1) is 12.8. The molecule has 0 aliphatic rings. The van der Waals surface area contributed by atoms with Gasteiger partial charge in [-0.15, -0.1) is 0 Å².